The molecule has 0 bridgehead atoms. The van der Waals surface area contributed by atoms with Crippen molar-refractivity contribution in [3.05, 3.63) is 22.1 Å². The standard InChI is InChI=1S/C20H29N5O3S/c1-11(26)7-24(8-12(2)27)9-16-22-18-17-14-6-20(4,5)28-10-15(14)29-19(17)21-13(3)25(18)23-16/h11-12,26-27H,6-10H2,1-5H3/t11-,12-/m1/s1. The number of hydrogen-bond donors (Lipinski definition) is 2. The highest BCUT2D eigenvalue weighted by Crippen LogP contribution is 2.39. The topological polar surface area (TPSA) is 96.0 Å². The third-order valence-corrected chi connectivity index (χ3v) is 6.22. The molecule has 29 heavy (non-hydrogen) atoms. The third kappa shape index (κ3) is 4.15. The summed E-state index contributed by atoms with van der Waals surface area (Å²) in [6, 6.07) is 0. The third-order valence-electron chi connectivity index (χ3n) is 5.12. The van der Waals surface area contributed by atoms with Crippen LogP contribution in [0.4, 0.5) is 0 Å². The van der Waals surface area contributed by atoms with Gasteiger partial charge in [0.2, 0.25) is 0 Å². The van der Waals surface area contributed by atoms with Gasteiger partial charge in [-0.25, -0.2) is 9.97 Å². The number of nitrogens with zero attached hydrogens (tertiary/aromatic N) is 5. The fourth-order valence-corrected chi connectivity index (χ4v) is 5.15. The zero-order valence-corrected chi connectivity index (χ0v) is 18.5. The van der Waals surface area contributed by atoms with Crippen LogP contribution >= 0.6 is 11.3 Å². The van der Waals surface area contributed by atoms with E-state index in [1.165, 1.54) is 10.4 Å². The monoisotopic (exact) mass is 419 g/mol. The summed E-state index contributed by atoms with van der Waals surface area (Å²) in [7, 11) is 0. The fourth-order valence-electron chi connectivity index (χ4n) is 4.00. The summed E-state index contributed by atoms with van der Waals surface area (Å²) in [6.45, 7) is 11.6. The number of fused-ring (bicyclic) bond motifs is 5. The number of aliphatic hydroxyl groups excluding tert-OH is 2. The van der Waals surface area contributed by atoms with Gasteiger partial charge in [0, 0.05) is 24.4 Å². The Hall–Kier alpha value is -1.65. The zero-order valence-electron chi connectivity index (χ0n) is 17.6. The lowest BCUT2D eigenvalue weighted by molar-refractivity contribution is -0.0379. The molecule has 0 aromatic carbocycles. The highest BCUT2D eigenvalue weighted by Gasteiger charge is 2.31. The molecular weight excluding hydrogens is 390 g/mol. The van der Waals surface area contributed by atoms with Crippen LogP contribution in [0, 0.1) is 6.92 Å². The van der Waals surface area contributed by atoms with Crippen molar-refractivity contribution in [2.45, 2.75) is 72.0 Å². The first-order chi connectivity index (χ1) is 13.6. The number of ether oxygens (including phenoxy) is 1. The van der Waals surface area contributed by atoms with Gasteiger partial charge < -0.3 is 14.9 Å². The molecule has 0 amide bonds. The van der Waals surface area contributed by atoms with Crippen molar-refractivity contribution >= 4 is 27.2 Å². The maximum atomic E-state index is 9.80. The van der Waals surface area contributed by atoms with E-state index in [0.717, 1.165) is 28.1 Å². The number of aliphatic hydroxyl groups is 2. The van der Waals surface area contributed by atoms with E-state index < -0.39 is 12.2 Å². The molecule has 3 aromatic heterocycles. The van der Waals surface area contributed by atoms with E-state index in [9.17, 15) is 10.2 Å². The Bertz CT molecular complexity index is 1030. The van der Waals surface area contributed by atoms with Crippen LogP contribution in [0.5, 0.6) is 0 Å². The molecule has 0 saturated carbocycles. The minimum absolute atomic E-state index is 0.211. The van der Waals surface area contributed by atoms with E-state index >= 15 is 0 Å². The first-order valence-corrected chi connectivity index (χ1v) is 10.8. The second-order valence-electron chi connectivity index (χ2n) is 8.72. The molecule has 158 valence electrons. The summed E-state index contributed by atoms with van der Waals surface area (Å²) >= 11 is 1.68. The summed E-state index contributed by atoms with van der Waals surface area (Å²) < 4.78 is 7.80. The van der Waals surface area contributed by atoms with Gasteiger partial charge in [-0.3, -0.25) is 4.90 Å². The molecule has 0 radical (unpaired) electrons. The van der Waals surface area contributed by atoms with E-state index in [1.54, 1.807) is 25.2 Å². The number of rotatable bonds is 6. The van der Waals surface area contributed by atoms with E-state index in [1.807, 2.05) is 16.3 Å². The second-order valence-corrected chi connectivity index (χ2v) is 9.81. The molecule has 4 rings (SSSR count). The normalized spacial score (nSPS) is 18.5. The lowest BCUT2D eigenvalue weighted by Gasteiger charge is -2.30. The SMILES string of the molecule is Cc1nc2sc3c(c2c2nc(CN(C[C@@H](C)O)C[C@@H](C)O)nn12)CC(C)(C)OC3. The lowest BCUT2D eigenvalue weighted by atomic mass is 9.94. The van der Waals surface area contributed by atoms with Crippen LogP contribution in [0.15, 0.2) is 0 Å². The zero-order chi connectivity index (χ0) is 20.9. The van der Waals surface area contributed by atoms with Gasteiger partial charge in [-0.15, -0.1) is 16.4 Å². The Labute approximate surface area is 174 Å². The summed E-state index contributed by atoms with van der Waals surface area (Å²) in [5.41, 5.74) is 1.88. The van der Waals surface area contributed by atoms with Crippen molar-refractivity contribution in [1.82, 2.24) is 24.5 Å². The molecule has 2 atom stereocenters. The van der Waals surface area contributed by atoms with Gasteiger partial charge >= 0.3 is 0 Å². The quantitative estimate of drug-likeness (QED) is 0.631. The van der Waals surface area contributed by atoms with Crippen molar-refractivity contribution in [1.29, 1.82) is 0 Å². The molecule has 0 aliphatic carbocycles. The first-order valence-electron chi connectivity index (χ1n) is 10.0. The van der Waals surface area contributed by atoms with E-state index in [-0.39, 0.29) is 5.60 Å². The van der Waals surface area contributed by atoms with Crippen molar-refractivity contribution < 1.29 is 14.9 Å². The Balaban J connectivity index is 1.77. The van der Waals surface area contributed by atoms with Crippen LogP contribution in [0.3, 0.4) is 0 Å². The van der Waals surface area contributed by atoms with Gasteiger partial charge in [0.05, 0.1) is 36.3 Å². The van der Waals surface area contributed by atoms with E-state index in [4.69, 9.17) is 19.8 Å². The Morgan fingerprint density at radius 2 is 1.90 bits per heavy atom. The highest BCUT2D eigenvalue weighted by atomic mass is 32.1. The maximum Gasteiger partial charge on any atom is 0.168 e. The predicted molar refractivity (Wildman–Crippen MR) is 112 cm³/mol. The summed E-state index contributed by atoms with van der Waals surface area (Å²) in [4.78, 5) is 13.8. The summed E-state index contributed by atoms with van der Waals surface area (Å²) in [5.74, 6) is 1.46. The van der Waals surface area contributed by atoms with E-state index in [2.05, 4.69) is 13.8 Å². The number of thiophene rings is 1. The molecule has 3 aromatic rings. The van der Waals surface area contributed by atoms with Crippen LogP contribution in [-0.4, -0.2) is 65.6 Å². The van der Waals surface area contributed by atoms with Crippen molar-refractivity contribution in [3.63, 3.8) is 0 Å². The van der Waals surface area contributed by atoms with Gasteiger partial charge in [0.1, 0.15) is 10.7 Å². The van der Waals surface area contributed by atoms with E-state index in [0.29, 0.717) is 32.1 Å². The average molecular weight is 420 g/mol. The van der Waals surface area contributed by atoms with Crippen molar-refractivity contribution in [2.75, 3.05) is 13.1 Å². The predicted octanol–water partition coefficient (Wildman–Crippen LogP) is 2.06. The van der Waals surface area contributed by atoms with Gasteiger partial charge in [0.15, 0.2) is 11.5 Å². The molecule has 4 heterocycles. The Kier molecular flexibility index (Phi) is 5.37. The molecule has 0 fully saturated rings. The minimum atomic E-state index is -0.494. The second kappa shape index (κ2) is 7.55. The highest BCUT2D eigenvalue weighted by molar-refractivity contribution is 7.19. The first kappa shape index (κ1) is 20.6. The van der Waals surface area contributed by atoms with Gasteiger partial charge in [-0.05, 0) is 40.2 Å². The van der Waals surface area contributed by atoms with Crippen LogP contribution in [0.25, 0.3) is 15.9 Å². The molecular formula is C20H29N5O3S. The van der Waals surface area contributed by atoms with Crippen LogP contribution in [0.2, 0.25) is 0 Å². The average Bonchev–Trinajstić information content (AvgIpc) is 3.13. The largest absolute Gasteiger partial charge is 0.392 e. The molecule has 9 heteroatoms. The lowest BCUT2D eigenvalue weighted by Crippen LogP contribution is -2.36. The number of hydrogen-bond acceptors (Lipinski definition) is 8. The maximum absolute atomic E-state index is 9.80. The molecule has 0 unspecified atom stereocenters. The fraction of sp³-hybridized carbons (Fsp3) is 0.650. The summed E-state index contributed by atoms with van der Waals surface area (Å²) in [6.07, 6.45) is -0.166. The van der Waals surface area contributed by atoms with Gasteiger partial charge in [-0.2, -0.15) is 4.52 Å². The van der Waals surface area contributed by atoms with Crippen LogP contribution < -0.4 is 0 Å². The van der Waals surface area contributed by atoms with Crippen molar-refractivity contribution in [2.24, 2.45) is 0 Å². The van der Waals surface area contributed by atoms with Crippen LogP contribution in [-0.2, 0) is 24.3 Å². The van der Waals surface area contributed by atoms with Crippen molar-refractivity contribution in [3.8, 4) is 0 Å². The van der Waals surface area contributed by atoms with Gasteiger partial charge in [-0.1, -0.05) is 0 Å². The number of aryl methyl sites for hydroxylation is 1. The molecule has 2 N–H and O–H groups in total. The van der Waals surface area contributed by atoms with Crippen LogP contribution in [0.1, 0.15) is 49.8 Å². The molecule has 0 saturated heterocycles. The smallest absolute Gasteiger partial charge is 0.168 e. The Morgan fingerprint density at radius 1 is 1.21 bits per heavy atom. The number of aromatic nitrogens is 4. The molecule has 8 nitrogen and oxygen atoms in total. The molecule has 1 aliphatic rings. The summed E-state index contributed by atoms with van der Waals surface area (Å²) in [5, 5.41) is 25.4. The Morgan fingerprint density at radius 3 is 2.55 bits per heavy atom. The molecule has 0 spiro atoms. The molecule has 1 aliphatic heterocycles. The minimum Gasteiger partial charge on any atom is -0.392 e. The van der Waals surface area contributed by atoms with Gasteiger partial charge in [0.25, 0.3) is 0 Å².